The molecule has 7 nitrogen and oxygen atoms in total. The topological polar surface area (TPSA) is 94.5 Å². The van der Waals surface area contributed by atoms with E-state index in [4.69, 9.17) is 14.9 Å². The largest absolute Gasteiger partial charge is 0.509 e. The van der Waals surface area contributed by atoms with E-state index in [0.29, 0.717) is 22.9 Å². The first-order chi connectivity index (χ1) is 13.6. The van der Waals surface area contributed by atoms with Crippen molar-refractivity contribution in [1.29, 1.82) is 5.41 Å². The maximum Gasteiger partial charge on any atom is 0.145 e. The van der Waals surface area contributed by atoms with Crippen molar-refractivity contribution in [2.24, 2.45) is 0 Å². The SMILES string of the molecule is COc1cc(OC)cc(N2C(=N)C(c3nc4ccccc4[nH]3)=C(O)C23CC3)c1. The molecule has 1 saturated carbocycles. The summed E-state index contributed by atoms with van der Waals surface area (Å²) in [6.45, 7) is 0. The first-order valence-electron chi connectivity index (χ1n) is 9.08. The molecule has 2 heterocycles. The molecule has 3 aromatic rings. The lowest BCUT2D eigenvalue weighted by molar-refractivity contribution is 0.368. The molecule has 7 heteroatoms. The zero-order valence-corrected chi connectivity index (χ0v) is 15.6. The molecule has 2 aliphatic rings. The van der Waals surface area contributed by atoms with Gasteiger partial charge in [-0.1, -0.05) is 12.1 Å². The quantitative estimate of drug-likeness (QED) is 0.642. The van der Waals surface area contributed by atoms with E-state index in [1.54, 1.807) is 20.3 Å². The molecule has 2 aromatic carbocycles. The first-order valence-corrected chi connectivity index (χ1v) is 9.08. The minimum atomic E-state index is -0.594. The number of anilines is 1. The van der Waals surface area contributed by atoms with Gasteiger partial charge in [0, 0.05) is 18.2 Å². The molecule has 0 radical (unpaired) electrons. The highest BCUT2D eigenvalue weighted by atomic mass is 16.5. The zero-order chi connectivity index (χ0) is 19.5. The van der Waals surface area contributed by atoms with Crippen LogP contribution in [0, 0.1) is 5.41 Å². The monoisotopic (exact) mass is 376 g/mol. The van der Waals surface area contributed by atoms with Gasteiger partial charge in [-0.15, -0.1) is 0 Å². The van der Waals surface area contributed by atoms with Gasteiger partial charge < -0.3 is 24.5 Å². The molecule has 142 valence electrons. The molecule has 0 saturated heterocycles. The molecule has 28 heavy (non-hydrogen) atoms. The summed E-state index contributed by atoms with van der Waals surface area (Å²) >= 11 is 0. The van der Waals surface area contributed by atoms with E-state index in [1.165, 1.54) is 0 Å². The van der Waals surface area contributed by atoms with Crippen molar-refractivity contribution in [2.45, 2.75) is 18.4 Å². The molecular formula is C21H20N4O3. The number of methoxy groups -OCH3 is 2. The molecule has 0 atom stereocenters. The Morgan fingerprint density at radius 1 is 1.11 bits per heavy atom. The summed E-state index contributed by atoms with van der Waals surface area (Å²) in [5, 5.41) is 19.9. The molecule has 5 rings (SSSR count). The van der Waals surface area contributed by atoms with Crippen LogP contribution >= 0.6 is 0 Å². The van der Waals surface area contributed by atoms with Crippen molar-refractivity contribution in [3.8, 4) is 11.5 Å². The highest BCUT2D eigenvalue weighted by molar-refractivity contribution is 6.32. The number of benzene rings is 2. The number of aliphatic hydroxyl groups is 1. The highest BCUT2D eigenvalue weighted by Gasteiger charge is 2.60. The summed E-state index contributed by atoms with van der Waals surface area (Å²) in [4.78, 5) is 9.69. The van der Waals surface area contributed by atoms with Gasteiger partial charge in [-0.3, -0.25) is 5.41 Å². The van der Waals surface area contributed by atoms with Gasteiger partial charge in [-0.05, 0) is 25.0 Å². The summed E-state index contributed by atoms with van der Waals surface area (Å²) in [7, 11) is 3.19. The van der Waals surface area contributed by atoms with E-state index in [9.17, 15) is 5.11 Å². The van der Waals surface area contributed by atoms with Gasteiger partial charge >= 0.3 is 0 Å². The van der Waals surface area contributed by atoms with E-state index in [-0.39, 0.29) is 11.6 Å². The maximum absolute atomic E-state index is 11.1. The molecule has 1 aliphatic carbocycles. The van der Waals surface area contributed by atoms with Gasteiger partial charge in [0.1, 0.15) is 34.5 Å². The third kappa shape index (κ3) is 2.22. The lowest BCUT2D eigenvalue weighted by atomic mass is 10.1. The summed E-state index contributed by atoms with van der Waals surface area (Å²) in [6, 6.07) is 13.2. The summed E-state index contributed by atoms with van der Waals surface area (Å²) in [6.07, 6.45) is 1.54. The number of H-pyrrole nitrogens is 1. The number of amidine groups is 1. The maximum atomic E-state index is 11.1. The van der Waals surface area contributed by atoms with E-state index in [0.717, 1.165) is 29.6 Å². The number of aliphatic hydroxyl groups excluding tert-OH is 1. The van der Waals surface area contributed by atoms with Crippen LogP contribution in [-0.4, -0.2) is 40.7 Å². The van der Waals surface area contributed by atoms with Crippen molar-refractivity contribution >= 4 is 28.1 Å². The predicted molar refractivity (Wildman–Crippen MR) is 107 cm³/mol. The Hall–Kier alpha value is -3.48. The molecular weight excluding hydrogens is 356 g/mol. The Kier molecular flexibility index (Phi) is 3.43. The Morgan fingerprint density at radius 3 is 2.39 bits per heavy atom. The lowest BCUT2D eigenvalue weighted by Gasteiger charge is -2.27. The predicted octanol–water partition coefficient (Wildman–Crippen LogP) is 3.88. The van der Waals surface area contributed by atoms with Gasteiger partial charge in [0.2, 0.25) is 0 Å². The summed E-state index contributed by atoms with van der Waals surface area (Å²) in [5.74, 6) is 2.18. The van der Waals surface area contributed by atoms with Crippen LogP contribution < -0.4 is 14.4 Å². The van der Waals surface area contributed by atoms with E-state index < -0.39 is 5.54 Å². The minimum Gasteiger partial charge on any atom is -0.509 e. The van der Waals surface area contributed by atoms with Gasteiger partial charge in [0.25, 0.3) is 0 Å². The number of nitrogens with one attached hydrogen (secondary N) is 2. The van der Waals surface area contributed by atoms with Crippen molar-refractivity contribution in [3.63, 3.8) is 0 Å². The molecule has 0 unspecified atom stereocenters. The smallest absolute Gasteiger partial charge is 0.145 e. The Labute approximate surface area is 161 Å². The fourth-order valence-electron chi connectivity index (χ4n) is 3.95. The zero-order valence-electron chi connectivity index (χ0n) is 15.6. The molecule has 1 aromatic heterocycles. The van der Waals surface area contributed by atoms with Gasteiger partial charge in [-0.2, -0.15) is 0 Å². The van der Waals surface area contributed by atoms with Crippen molar-refractivity contribution in [3.05, 3.63) is 54.0 Å². The highest BCUT2D eigenvalue weighted by Crippen LogP contribution is 2.56. The van der Waals surface area contributed by atoms with Crippen LogP contribution in [0.1, 0.15) is 18.7 Å². The van der Waals surface area contributed by atoms with Gasteiger partial charge in [-0.25, -0.2) is 4.98 Å². The average Bonchev–Trinajstić information content (AvgIpc) is 3.33. The fourth-order valence-corrected chi connectivity index (χ4v) is 3.95. The minimum absolute atomic E-state index is 0.193. The van der Waals surface area contributed by atoms with Crippen LogP contribution in [0.2, 0.25) is 0 Å². The number of hydrogen-bond donors (Lipinski definition) is 3. The number of aromatic amines is 1. The number of para-hydroxylation sites is 2. The number of rotatable bonds is 4. The number of ether oxygens (including phenoxy) is 2. The Balaban J connectivity index is 1.63. The molecule has 1 spiro atoms. The third-order valence-electron chi connectivity index (χ3n) is 5.51. The average molecular weight is 376 g/mol. The van der Waals surface area contributed by atoms with E-state index in [1.807, 2.05) is 41.3 Å². The van der Waals surface area contributed by atoms with Crippen LogP contribution in [0.4, 0.5) is 5.69 Å². The third-order valence-corrected chi connectivity index (χ3v) is 5.51. The second-order valence-corrected chi connectivity index (χ2v) is 7.11. The van der Waals surface area contributed by atoms with Crippen molar-refractivity contribution in [1.82, 2.24) is 9.97 Å². The van der Waals surface area contributed by atoms with E-state index in [2.05, 4.69) is 9.97 Å². The summed E-state index contributed by atoms with van der Waals surface area (Å²) in [5.41, 5.74) is 2.27. The Morgan fingerprint density at radius 2 is 1.79 bits per heavy atom. The first kappa shape index (κ1) is 16.7. The molecule has 0 amide bonds. The number of fused-ring (bicyclic) bond motifs is 1. The number of nitrogens with zero attached hydrogens (tertiary/aromatic N) is 2. The van der Waals surface area contributed by atoms with Crippen LogP contribution in [0.3, 0.4) is 0 Å². The Bertz CT molecular complexity index is 1090. The lowest BCUT2D eigenvalue weighted by Crippen LogP contribution is -2.37. The van der Waals surface area contributed by atoms with E-state index >= 15 is 0 Å². The number of imidazole rings is 1. The van der Waals surface area contributed by atoms with Crippen LogP contribution in [0.5, 0.6) is 11.5 Å². The van der Waals surface area contributed by atoms with Crippen molar-refractivity contribution in [2.75, 3.05) is 19.1 Å². The second-order valence-electron chi connectivity index (χ2n) is 7.11. The van der Waals surface area contributed by atoms with Gasteiger partial charge in [0.15, 0.2) is 0 Å². The standard InChI is InChI=1S/C21H20N4O3/c1-27-13-9-12(10-14(11-13)28-2)25-19(22)17(18(26)21(25)7-8-21)20-23-15-5-3-4-6-16(15)24-20/h3-6,9-11,22,26H,7-8H2,1-2H3,(H,23,24). The summed E-state index contributed by atoms with van der Waals surface area (Å²) < 4.78 is 10.8. The van der Waals surface area contributed by atoms with Gasteiger partial charge in [0.05, 0.1) is 36.5 Å². The normalized spacial score (nSPS) is 17.6. The number of hydrogen-bond acceptors (Lipinski definition) is 5. The van der Waals surface area contributed by atoms with Crippen LogP contribution in [0.25, 0.3) is 16.6 Å². The second kappa shape index (κ2) is 5.76. The fraction of sp³-hybridized carbons (Fsp3) is 0.238. The molecule has 3 N–H and O–H groups in total. The van der Waals surface area contributed by atoms with Crippen LogP contribution in [0.15, 0.2) is 48.2 Å². The van der Waals surface area contributed by atoms with Crippen LogP contribution in [-0.2, 0) is 0 Å². The number of aromatic nitrogens is 2. The molecule has 1 fully saturated rings. The molecule has 0 bridgehead atoms. The molecule has 1 aliphatic heterocycles. The van der Waals surface area contributed by atoms with Crippen molar-refractivity contribution < 1.29 is 14.6 Å².